The van der Waals surface area contributed by atoms with Crippen LogP contribution in [0.25, 0.3) is 0 Å². The van der Waals surface area contributed by atoms with Crippen LogP contribution in [0.5, 0.6) is 0 Å². The normalized spacial score (nSPS) is 27.0. The molecule has 7 N–H and O–H groups in total. The second kappa shape index (κ2) is 37.0. The molecule has 372 valence electrons. The molecule has 2 aliphatic heterocycles. The summed E-state index contributed by atoms with van der Waals surface area (Å²) in [5.74, 6) is -0.999. The van der Waals surface area contributed by atoms with E-state index in [9.17, 15) is 45.3 Å². The van der Waals surface area contributed by atoms with E-state index in [1.807, 2.05) is 0 Å². The van der Waals surface area contributed by atoms with Crippen molar-refractivity contribution in [3.63, 3.8) is 0 Å². The summed E-state index contributed by atoms with van der Waals surface area (Å²) in [6.45, 7) is 2.34. The first-order valence-corrected chi connectivity index (χ1v) is 24.0. The van der Waals surface area contributed by atoms with E-state index < -0.39 is 99.3 Å². The van der Waals surface area contributed by atoms with Gasteiger partial charge < -0.3 is 64.2 Å². The summed E-state index contributed by atoms with van der Waals surface area (Å²) in [5.41, 5.74) is 0. The van der Waals surface area contributed by atoms with Crippen molar-refractivity contribution in [2.24, 2.45) is 0 Å². The molecular weight excluding hydrogens is 841 g/mol. The van der Waals surface area contributed by atoms with E-state index in [2.05, 4.69) is 86.8 Å². The van der Waals surface area contributed by atoms with Crippen LogP contribution in [0.2, 0.25) is 0 Å². The van der Waals surface area contributed by atoms with Crippen molar-refractivity contribution in [1.82, 2.24) is 0 Å². The monoisotopic (exact) mass is 923 g/mol. The molecule has 2 saturated heterocycles. The molecule has 15 heteroatoms. The van der Waals surface area contributed by atoms with Gasteiger partial charge in [-0.3, -0.25) is 9.59 Å². The summed E-state index contributed by atoms with van der Waals surface area (Å²) >= 11 is 0. The van der Waals surface area contributed by atoms with Gasteiger partial charge in [0.1, 0.15) is 55.4 Å². The number of aliphatic hydroxyl groups is 7. The highest BCUT2D eigenvalue weighted by atomic mass is 16.7. The van der Waals surface area contributed by atoms with Gasteiger partial charge in [0.2, 0.25) is 0 Å². The van der Waals surface area contributed by atoms with Crippen molar-refractivity contribution in [3.05, 3.63) is 72.9 Å². The van der Waals surface area contributed by atoms with Crippen LogP contribution in [0.1, 0.15) is 136 Å². The predicted octanol–water partition coefficient (Wildman–Crippen LogP) is 5.87. The third-order valence-corrected chi connectivity index (χ3v) is 10.9. The lowest BCUT2D eigenvalue weighted by Crippen LogP contribution is -2.61. The molecule has 2 fully saturated rings. The summed E-state index contributed by atoms with van der Waals surface area (Å²) in [6, 6.07) is 0. The maximum atomic E-state index is 13.0. The van der Waals surface area contributed by atoms with Crippen molar-refractivity contribution in [1.29, 1.82) is 0 Å². The van der Waals surface area contributed by atoms with Gasteiger partial charge in [0.05, 0.1) is 19.8 Å². The average molecular weight is 923 g/mol. The number of hydrogen-bond acceptors (Lipinski definition) is 15. The van der Waals surface area contributed by atoms with E-state index in [0.29, 0.717) is 12.8 Å². The highest BCUT2D eigenvalue weighted by Crippen LogP contribution is 2.26. The van der Waals surface area contributed by atoms with E-state index >= 15 is 0 Å². The van der Waals surface area contributed by atoms with Crippen LogP contribution in [-0.4, -0.2) is 142 Å². The minimum absolute atomic E-state index is 0.136. The lowest BCUT2D eigenvalue weighted by molar-refractivity contribution is -0.332. The van der Waals surface area contributed by atoms with Gasteiger partial charge >= 0.3 is 11.9 Å². The third-order valence-electron chi connectivity index (χ3n) is 10.9. The largest absolute Gasteiger partial charge is 0.462 e. The van der Waals surface area contributed by atoms with Gasteiger partial charge in [-0.05, 0) is 77.0 Å². The summed E-state index contributed by atoms with van der Waals surface area (Å²) < 4.78 is 33.4. The van der Waals surface area contributed by atoms with Crippen LogP contribution >= 0.6 is 0 Å². The Morgan fingerprint density at radius 3 is 1.55 bits per heavy atom. The Bertz CT molecular complexity index is 1410. The maximum Gasteiger partial charge on any atom is 0.306 e. The zero-order valence-corrected chi connectivity index (χ0v) is 38.9. The number of esters is 2. The van der Waals surface area contributed by atoms with E-state index in [0.717, 1.165) is 83.5 Å². The van der Waals surface area contributed by atoms with Crippen LogP contribution in [0.3, 0.4) is 0 Å². The van der Waals surface area contributed by atoms with Gasteiger partial charge in [0.25, 0.3) is 0 Å². The van der Waals surface area contributed by atoms with Crippen molar-refractivity contribution in [2.45, 2.75) is 203 Å². The second-order valence-corrected chi connectivity index (χ2v) is 16.5. The van der Waals surface area contributed by atoms with Gasteiger partial charge in [-0.2, -0.15) is 0 Å². The Morgan fingerprint density at radius 2 is 0.969 bits per heavy atom. The van der Waals surface area contributed by atoms with Crippen LogP contribution in [0, 0.1) is 0 Å². The third kappa shape index (κ3) is 25.6. The highest BCUT2D eigenvalue weighted by molar-refractivity contribution is 5.70. The molecule has 2 rings (SSSR count). The zero-order chi connectivity index (χ0) is 47.5. The fraction of sp³-hybridized carbons (Fsp3) is 0.720. The van der Waals surface area contributed by atoms with Crippen molar-refractivity contribution < 1.29 is 73.8 Å². The first-order chi connectivity index (χ1) is 31.5. The maximum absolute atomic E-state index is 13.0. The number of allylic oxidation sites excluding steroid dienone is 12. The summed E-state index contributed by atoms with van der Waals surface area (Å²) in [5, 5.41) is 72.0. The quantitative estimate of drug-likeness (QED) is 0.0224. The minimum atomic E-state index is -1.78. The van der Waals surface area contributed by atoms with Crippen LogP contribution in [-0.2, 0) is 38.0 Å². The Balaban J connectivity index is 1.87. The number of carbonyl (C=O) groups is 2. The summed E-state index contributed by atoms with van der Waals surface area (Å²) in [4.78, 5) is 25.7. The predicted molar refractivity (Wildman–Crippen MR) is 247 cm³/mol. The summed E-state index contributed by atoms with van der Waals surface area (Å²) in [6.07, 6.45) is 25.1. The molecule has 2 aliphatic rings. The molecule has 0 aliphatic carbocycles. The van der Waals surface area contributed by atoms with Gasteiger partial charge in [-0.15, -0.1) is 0 Å². The van der Waals surface area contributed by atoms with Gasteiger partial charge in [-0.1, -0.05) is 119 Å². The molecule has 15 nitrogen and oxygen atoms in total. The van der Waals surface area contributed by atoms with Gasteiger partial charge in [-0.25, -0.2) is 0 Å². The molecule has 0 saturated carbocycles. The first kappa shape index (κ1) is 58.1. The van der Waals surface area contributed by atoms with E-state index in [4.69, 9.17) is 28.4 Å². The smallest absolute Gasteiger partial charge is 0.306 e. The molecule has 0 radical (unpaired) electrons. The lowest BCUT2D eigenvalue weighted by Gasteiger charge is -2.42. The zero-order valence-electron chi connectivity index (χ0n) is 38.9. The molecule has 4 unspecified atom stereocenters. The number of aliphatic hydroxyl groups excluding tert-OH is 7. The molecule has 0 aromatic rings. The molecule has 11 atom stereocenters. The molecule has 65 heavy (non-hydrogen) atoms. The lowest BCUT2D eigenvalue weighted by atomic mass is 9.98. The van der Waals surface area contributed by atoms with E-state index in [1.54, 1.807) is 0 Å². The SMILES string of the molecule is CC/C=C/C/C=C/C/C=C/C/C=C/CCCCC(=O)OC[C@H](CO[C@@H]1O[C@H](CO[C@@H]2O[C@H](CO)[C@H](O)C(O)C2O)[C@H](O)C(O)C1O)OC(=O)CCCCCCC/C=C/C/C=C/CCCC. The van der Waals surface area contributed by atoms with Gasteiger partial charge in [0.15, 0.2) is 18.7 Å². The number of rotatable bonds is 35. The number of ether oxygens (including phenoxy) is 6. The van der Waals surface area contributed by atoms with Crippen LogP contribution < -0.4 is 0 Å². The second-order valence-electron chi connectivity index (χ2n) is 16.5. The molecule has 2 heterocycles. The Kier molecular flexibility index (Phi) is 33.0. The number of hydrogen-bond donors (Lipinski definition) is 7. The van der Waals surface area contributed by atoms with E-state index in [-0.39, 0.29) is 19.4 Å². The van der Waals surface area contributed by atoms with Crippen molar-refractivity contribution in [3.8, 4) is 0 Å². The fourth-order valence-electron chi connectivity index (χ4n) is 6.93. The topological polar surface area (TPSA) is 231 Å². The number of unbranched alkanes of at least 4 members (excludes halogenated alkanes) is 9. The van der Waals surface area contributed by atoms with Crippen molar-refractivity contribution >= 4 is 11.9 Å². The average Bonchev–Trinajstić information content (AvgIpc) is 3.30. The summed E-state index contributed by atoms with van der Waals surface area (Å²) in [7, 11) is 0. The standard InChI is InChI=1S/C50H82O15/c1-3-5-7-9-11-13-15-17-19-21-22-24-26-28-30-32-41(52)60-35-38(63-42(53)33-31-29-27-25-23-20-18-16-14-12-10-8-6-4-2)36-61-49-48(59)46(57)44(55)40(65-49)37-62-50-47(58)45(56)43(54)39(34-51)64-50/h5,7,10-13,16-19,22,24,38-40,43-51,54-59H,3-4,6,8-9,14-15,20-21,23,25-37H2,1-2H3/b7-5+,12-10+,13-11+,18-16+,19-17+,24-22+/t38-,39-,40-,43+,44+,45?,46?,47?,48?,49-,50-/m1/s1. The molecule has 0 amide bonds. The number of carbonyl (C=O) groups excluding carboxylic acids is 2. The fourth-order valence-corrected chi connectivity index (χ4v) is 6.93. The highest BCUT2D eigenvalue weighted by Gasteiger charge is 2.47. The molecule has 0 spiro atoms. The first-order valence-electron chi connectivity index (χ1n) is 24.0. The molecular formula is C50H82O15. The molecule has 0 bridgehead atoms. The minimum Gasteiger partial charge on any atom is -0.462 e. The molecule has 0 aromatic carbocycles. The Hall–Kier alpha value is -3.06. The van der Waals surface area contributed by atoms with Gasteiger partial charge in [0, 0.05) is 12.8 Å². The van der Waals surface area contributed by atoms with Crippen LogP contribution in [0.4, 0.5) is 0 Å². The van der Waals surface area contributed by atoms with Crippen LogP contribution in [0.15, 0.2) is 72.9 Å². The molecule has 0 aromatic heterocycles. The Morgan fingerprint density at radius 1 is 0.508 bits per heavy atom. The van der Waals surface area contributed by atoms with E-state index in [1.165, 1.54) is 12.8 Å². The van der Waals surface area contributed by atoms with Crippen molar-refractivity contribution in [2.75, 3.05) is 26.4 Å². The Labute approximate surface area is 387 Å².